The van der Waals surface area contributed by atoms with Crippen LogP contribution in [0.25, 0.3) is 6.08 Å². The number of ketones is 1. The molecule has 0 saturated carbocycles. The lowest BCUT2D eigenvalue weighted by Crippen LogP contribution is -2.37. The van der Waals surface area contributed by atoms with Crippen LogP contribution in [0.4, 0.5) is 4.39 Å². The van der Waals surface area contributed by atoms with Crippen LogP contribution in [0.15, 0.2) is 91.7 Å². The summed E-state index contributed by atoms with van der Waals surface area (Å²) in [5.41, 5.74) is 1.13. The quantitative estimate of drug-likeness (QED) is 0.333. The zero-order chi connectivity index (χ0) is 25.3. The summed E-state index contributed by atoms with van der Waals surface area (Å²) in [6, 6.07) is 23.2. The summed E-state index contributed by atoms with van der Waals surface area (Å²) in [7, 11) is 0. The predicted octanol–water partition coefficient (Wildman–Crippen LogP) is 5.80. The van der Waals surface area contributed by atoms with Gasteiger partial charge < -0.3 is 9.64 Å². The lowest BCUT2D eigenvalue weighted by atomic mass is 9.67. The normalized spacial score (nSPS) is 21.0. The van der Waals surface area contributed by atoms with Gasteiger partial charge in [-0.1, -0.05) is 49.1 Å². The van der Waals surface area contributed by atoms with Crippen LogP contribution in [-0.2, 0) is 0 Å². The van der Waals surface area contributed by atoms with Gasteiger partial charge in [0.25, 0.3) is 0 Å². The van der Waals surface area contributed by atoms with E-state index in [0.29, 0.717) is 23.5 Å². The molecular weight excluding hydrogens is 453 g/mol. The fraction of sp³-hybridized carbons (Fsp3) is 0.167. The molecule has 2 aliphatic heterocycles. The second-order valence-electron chi connectivity index (χ2n) is 8.85. The van der Waals surface area contributed by atoms with Gasteiger partial charge in [0, 0.05) is 17.7 Å². The van der Waals surface area contributed by atoms with Crippen molar-refractivity contribution in [2.75, 3.05) is 6.61 Å². The average molecular weight is 476 g/mol. The smallest absolute Gasteiger partial charge is 0.185 e. The number of fused-ring (bicyclic) bond motifs is 3. The Labute approximate surface area is 209 Å². The first-order chi connectivity index (χ1) is 17.5. The summed E-state index contributed by atoms with van der Waals surface area (Å²) in [5.74, 6) is -0.897. The van der Waals surface area contributed by atoms with Crippen LogP contribution < -0.4 is 4.74 Å². The Kier molecular flexibility index (Phi) is 5.88. The number of hydrogen-bond acceptors (Lipinski definition) is 5. The summed E-state index contributed by atoms with van der Waals surface area (Å²) >= 11 is 0. The molecule has 0 aliphatic carbocycles. The molecule has 1 saturated heterocycles. The van der Waals surface area contributed by atoms with Crippen molar-refractivity contribution in [3.8, 4) is 17.9 Å². The summed E-state index contributed by atoms with van der Waals surface area (Å²) in [6.07, 6.45) is 5.33. The van der Waals surface area contributed by atoms with E-state index in [-0.39, 0.29) is 5.78 Å². The van der Waals surface area contributed by atoms with E-state index >= 15 is 0 Å². The topological polar surface area (TPSA) is 77.1 Å². The van der Waals surface area contributed by atoms with Gasteiger partial charge in [0.15, 0.2) is 11.2 Å². The lowest BCUT2D eigenvalue weighted by molar-refractivity contribution is 0.0874. The second kappa shape index (κ2) is 9.17. The fourth-order valence-electron chi connectivity index (χ4n) is 5.38. The highest BCUT2D eigenvalue weighted by Crippen LogP contribution is 2.60. The molecule has 2 heterocycles. The maximum Gasteiger partial charge on any atom is 0.185 e. The monoisotopic (exact) mass is 475 g/mol. The molecule has 5 nitrogen and oxygen atoms in total. The van der Waals surface area contributed by atoms with Crippen molar-refractivity contribution in [1.29, 1.82) is 10.5 Å². The Hall–Kier alpha value is -4.68. The molecule has 0 amide bonds. The number of Topliss-reactive ketones (excluding diaryl/α,β-unsaturated/α-hetero) is 1. The van der Waals surface area contributed by atoms with E-state index in [4.69, 9.17) is 4.74 Å². The van der Waals surface area contributed by atoms with Gasteiger partial charge in [0.2, 0.25) is 0 Å². The van der Waals surface area contributed by atoms with Gasteiger partial charge >= 0.3 is 0 Å². The number of ether oxygens (including phenoxy) is 1. The summed E-state index contributed by atoms with van der Waals surface area (Å²) in [6.45, 7) is 3.99. The summed E-state index contributed by atoms with van der Waals surface area (Å²) in [5, 5.41) is 21.1. The van der Waals surface area contributed by atoms with Crippen LogP contribution in [0.5, 0.6) is 5.75 Å². The minimum atomic E-state index is -1.56. The molecule has 0 spiro atoms. The van der Waals surface area contributed by atoms with Gasteiger partial charge in [0.1, 0.15) is 24.2 Å². The van der Waals surface area contributed by atoms with E-state index < -0.39 is 29.2 Å². The number of hydrogen-bond donors (Lipinski definition) is 0. The second-order valence-corrected chi connectivity index (χ2v) is 8.85. The molecule has 0 N–H and O–H groups in total. The number of nitriles is 2. The zero-order valence-corrected chi connectivity index (χ0v) is 19.3. The van der Waals surface area contributed by atoms with Gasteiger partial charge in [-0.25, -0.2) is 4.39 Å². The minimum Gasteiger partial charge on any atom is -0.490 e. The summed E-state index contributed by atoms with van der Waals surface area (Å²) in [4.78, 5) is 15.8. The molecule has 1 fully saturated rings. The van der Waals surface area contributed by atoms with E-state index in [1.807, 2.05) is 35.2 Å². The van der Waals surface area contributed by atoms with E-state index in [1.165, 1.54) is 24.3 Å². The van der Waals surface area contributed by atoms with Crippen molar-refractivity contribution in [3.63, 3.8) is 0 Å². The highest BCUT2D eigenvalue weighted by molar-refractivity contribution is 6.01. The first-order valence-corrected chi connectivity index (χ1v) is 11.5. The lowest BCUT2D eigenvalue weighted by Gasteiger charge is -2.34. The van der Waals surface area contributed by atoms with Crippen LogP contribution in [-0.4, -0.2) is 23.3 Å². The average Bonchev–Trinajstić information content (AvgIpc) is 3.23. The molecule has 5 rings (SSSR count). The highest BCUT2D eigenvalue weighted by atomic mass is 19.1. The van der Waals surface area contributed by atoms with Crippen LogP contribution in [0.1, 0.15) is 39.0 Å². The number of carbonyl (C=O) groups is 1. The standard InChI is InChI=1S/C30H22FN3O2/c1-2-17-36-24-13-9-21(10-14-24)26-27(28(35)22-7-11-23(31)12-8-22)34-16-15-20-5-3-4-6-25(20)29(34)30(26,18-32)19-33/h2-16,26-27,29H,1,17H2/t26-,27+,29-/m1/s1. The molecule has 36 heavy (non-hydrogen) atoms. The summed E-state index contributed by atoms with van der Waals surface area (Å²) < 4.78 is 19.2. The van der Waals surface area contributed by atoms with Crippen LogP contribution in [0.3, 0.4) is 0 Å². The molecule has 0 unspecified atom stereocenters. The number of benzene rings is 3. The largest absolute Gasteiger partial charge is 0.490 e. The number of nitrogens with zero attached hydrogens (tertiary/aromatic N) is 3. The molecule has 3 aromatic rings. The van der Waals surface area contributed by atoms with Gasteiger partial charge in [0.05, 0.1) is 18.2 Å². The van der Waals surface area contributed by atoms with Crippen molar-refractivity contribution in [2.24, 2.45) is 5.41 Å². The highest BCUT2D eigenvalue weighted by Gasteiger charge is 2.63. The molecule has 2 aliphatic rings. The molecule has 3 aromatic carbocycles. The number of halogens is 1. The van der Waals surface area contributed by atoms with Gasteiger partial charge in [-0.15, -0.1) is 0 Å². The Morgan fingerprint density at radius 2 is 1.75 bits per heavy atom. The third kappa shape index (κ3) is 3.56. The molecule has 0 radical (unpaired) electrons. The third-order valence-electron chi connectivity index (χ3n) is 6.95. The van der Waals surface area contributed by atoms with Gasteiger partial charge in [-0.05, 0) is 59.2 Å². The third-order valence-corrected chi connectivity index (χ3v) is 6.95. The Morgan fingerprint density at radius 3 is 2.42 bits per heavy atom. The first-order valence-electron chi connectivity index (χ1n) is 11.5. The zero-order valence-electron chi connectivity index (χ0n) is 19.3. The Balaban J connectivity index is 1.70. The molecule has 6 heteroatoms. The SMILES string of the molecule is C=CCOc1ccc([C@@H]2[C@@H](C(=O)c3ccc(F)cc3)N3C=Cc4ccccc4[C@@H]3C2(C#N)C#N)cc1. The molecule has 3 atom stereocenters. The van der Waals surface area contributed by atoms with Crippen molar-refractivity contribution in [2.45, 2.75) is 18.0 Å². The molecule has 0 aromatic heterocycles. The van der Waals surface area contributed by atoms with E-state index in [0.717, 1.165) is 11.1 Å². The van der Waals surface area contributed by atoms with Crippen molar-refractivity contribution >= 4 is 11.9 Å². The van der Waals surface area contributed by atoms with E-state index in [9.17, 15) is 19.7 Å². The number of carbonyl (C=O) groups excluding carboxylic acids is 1. The van der Waals surface area contributed by atoms with Gasteiger partial charge in [-0.3, -0.25) is 4.79 Å². The van der Waals surface area contributed by atoms with Crippen LogP contribution >= 0.6 is 0 Å². The first kappa shape index (κ1) is 23.1. The maximum absolute atomic E-state index is 14.0. The van der Waals surface area contributed by atoms with Crippen molar-refractivity contribution in [3.05, 3.63) is 120 Å². The fourth-order valence-corrected chi connectivity index (χ4v) is 5.38. The van der Waals surface area contributed by atoms with Crippen LogP contribution in [0.2, 0.25) is 0 Å². The van der Waals surface area contributed by atoms with Crippen LogP contribution in [0, 0.1) is 33.9 Å². The van der Waals surface area contributed by atoms with E-state index in [1.54, 1.807) is 36.5 Å². The Bertz CT molecular complexity index is 1420. The van der Waals surface area contributed by atoms with Gasteiger partial charge in [-0.2, -0.15) is 10.5 Å². The maximum atomic E-state index is 14.0. The van der Waals surface area contributed by atoms with Crippen molar-refractivity contribution < 1.29 is 13.9 Å². The predicted molar refractivity (Wildman–Crippen MR) is 133 cm³/mol. The molecular formula is C30H22FN3O2. The van der Waals surface area contributed by atoms with Crippen molar-refractivity contribution in [1.82, 2.24) is 4.90 Å². The molecule has 0 bridgehead atoms. The van der Waals surface area contributed by atoms with E-state index in [2.05, 4.69) is 18.7 Å². The number of rotatable bonds is 6. The minimum absolute atomic E-state index is 0.284. The molecule has 176 valence electrons. The Morgan fingerprint density at radius 1 is 1.06 bits per heavy atom.